The lowest BCUT2D eigenvalue weighted by molar-refractivity contribution is 0.248. The van der Waals surface area contributed by atoms with Crippen molar-refractivity contribution in [1.29, 1.82) is 0 Å². The maximum absolute atomic E-state index is 5.92. The summed E-state index contributed by atoms with van der Waals surface area (Å²) in [6.45, 7) is 9.55. The maximum Gasteiger partial charge on any atom is 0.135 e. The molecule has 3 aromatic rings. The molecule has 0 amide bonds. The van der Waals surface area contributed by atoms with Crippen LogP contribution in [-0.4, -0.2) is 46.0 Å². The summed E-state index contributed by atoms with van der Waals surface area (Å²) in [4.78, 5) is 17.9. The van der Waals surface area contributed by atoms with E-state index in [0.29, 0.717) is 6.61 Å². The molecule has 0 N–H and O–H groups in total. The van der Waals surface area contributed by atoms with Crippen molar-refractivity contribution < 1.29 is 4.74 Å². The summed E-state index contributed by atoms with van der Waals surface area (Å²) >= 11 is 0. The number of rotatable bonds is 6. The lowest BCUT2D eigenvalue weighted by atomic mass is 10.1. The van der Waals surface area contributed by atoms with E-state index < -0.39 is 0 Å². The fourth-order valence-electron chi connectivity index (χ4n) is 3.59. The summed E-state index contributed by atoms with van der Waals surface area (Å²) in [6, 6.07) is 14.2. The number of anilines is 1. The first kappa shape index (κ1) is 19.3. The Labute approximate surface area is 172 Å². The van der Waals surface area contributed by atoms with E-state index in [-0.39, 0.29) is 0 Å². The van der Waals surface area contributed by atoms with Gasteiger partial charge in [-0.15, -0.1) is 0 Å². The third kappa shape index (κ3) is 4.90. The number of aromatic nitrogens is 3. The first-order valence-electron chi connectivity index (χ1n) is 10.1. The van der Waals surface area contributed by atoms with Crippen molar-refractivity contribution in [2.75, 3.05) is 31.1 Å². The SMILES string of the molecule is Cc1ncnc(N2CCN(Cc3cccc(OCc4ccccn4)c3)CC2)c1C. The van der Waals surface area contributed by atoms with E-state index in [1.54, 1.807) is 12.5 Å². The molecule has 1 fully saturated rings. The molecule has 1 aromatic carbocycles. The van der Waals surface area contributed by atoms with E-state index in [0.717, 1.165) is 55.7 Å². The van der Waals surface area contributed by atoms with Gasteiger partial charge in [-0.1, -0.05) is 18.2 Å². The van der Waals surface area contributed by atoms with Gasteiger partial charge in [-0.2, -0.15) is 0 Å². The van der Waals surface area contributed by atoms with Crippen LogP contribution >= 0.6 is 0 Å². The molecular formula is C23H27N5O. The van der Waals surface area contributed by atoms with Crippen LogP contribution in [0.25, 0.3) is 0 Å². The standard InChI is InChI=1S/C23H27N5O/c1-18-19(2)25-17-26-23(18)28-12-10-27(11-13-28)15-20-6-5-8-22(14-20)29-16-21-7-3-4-9-24-21/h3-9,14,17H,10-13,15-16H2,1-2H3. The van der Waals surface area contributed by atoms with Crippen molar-refractivity contribution >= 4 is 5.82 Å². The smallest absolute Gasteiger partial charge is 0.135 e. The molecule has 0 aliphatic carbocycles. The highest BCUT2D eigenvalue weighted by atomic mass is 16.5. The molecule has 0 unspecified atom stereocenters. The van der Waals surface area contributed by atoms with Gasteiger partial charge in [0.15, 0.2) is 0 Å². The quantitative estimate of drug-likeness (QED) is 0.644. The normalized spacial score (nSPS) is 14.8. The minimum Gasteiger partial charge on any atom is -0.487 e. The zero-order valence-corrected chi connectivity index (χ0v) is 17.1. The largest absolute Gasteiger partial charge is 0.487 e. The summed E-state index contributed by atoms with van der Waals surface area (Å²) < 4.78 is 5.92. The van der Waals surface area contributed by atoms with Crippen LogP contribution in [0.2, 0.25) is 0 Å². The molecule has 1 aliphatic heterocycles. The molecule has 29 heavy (non-hydrogen) atoms. The Hall–Kier alpha value is -2.99. The highest BCUT2D eigenvalue weighted by molar-refractivity contribution is 5.47. The minimum atomic E-state index is 0.487. The van der Waals surface area contributed by atoms with Crippen molar-refractivity contribution in [3.8, 4) is 5.75 Å². The van der Waals surface area contributed by atoms with Gasteiger partial charge in [0.1, 0.15) is 24.5 Å². The minimum absolute atomic E-state index is 0.487. The number of hydrogen-bond donors (Lipinski definition) is 0. The number of ether oxygens (including phenoxy) is 1. The summed E-state index contributed by atoms with van der Waals surface area (Å²) in [7, 11) is 0. The molecule has 6 heteroatoms. The van der Waals surface area contributed by atoms with E-state index in [4.69, 9.17) is 4.74 Å². The number of pyridine rings is 1. The Morgan fingerprint density at radius 1 is 0.931 bits per heavy atom. The molecule has 6 nitrogen and oxygen atoms in total. The second-order valence-corrected chi connectivity index (χ2v) is 7.43. The fourth-order valence-corrected chi connectivity index (χ4v) is 3.59. The monoisotopic (exact) mass is 389 g/mol. The second-order valence-electron chi connectivity index (χ2n) is 7.43. The van der Waals surface area contributed by atoms with Gasteiger partial charge >= 0.3 is 0 Å². The van der Waals surface area contributed by atoms with Crippen LogP contribution in [0, 0.1) is 13.8 Å². The number of hydrogen-bond acceptors (Lipinski definition) is 6. The Balaban J connectivity index is 1.32. The highest BCUT2D eigenvalue weighted by Crippen LogP contribution is 2.21. The maximum atomic E-state index is 5.92. The van der Waals surface area contributed by atoms with Crippen molar-refractivity contribution in [3.05, 3.63) is 77.5 Å². The number of piperazine rings is 1. The van der Waals surface area contributed by atoms with Crippen molar-refractivity contribution in [1.82, 2.24) is 19.9 Å². The Morgan fingerprint density at radius 3 is 2.59 bits per heavy atom. The van der Waals surface area contributed by atoms with Gasteiger partial charge in [-0.3, -0.25) is 9.88 Å². The second kappa shape index (κ2) is 9.01. The molecule has 4 rings (SSSR count). The highest BCUT2D eigenvalue weighted by Gasteiger charge is 2.20. The molecule has 0 atom stereocenters. The van der Waals surface area contributed by atoms with Crippen LogP contribution in [0.15, 0.2) is 55.0 Å². The van der Waals surface area contributed by atoms with E-state index in [1.165, 1.54) is 11.1 Å². The topological polar surface area (TPSA) is 54.4 Å². The molecule has 0 saturated carbocycles. The zero-order chi connectivity index (χ0) is 20.1. The summed E-state index contributed by atoms with van der Waals surface area (Å²) in [5.74, 6) is 1.96. The number of nitrogens with zero attached hydrogens (tertiary/aromatic N) is 5. The number of aryl methyl sites for hydroxylation is 1. The fraction of sp³-hybridized carbons (Fsp3) is 0.348. The average molecular weight is 390 g/mol. The van der Waals surface area contributed by atoms with E-state index in [2.05, 4.69) is 49.9 Å². The summed E-state index contributed by atoms with van der Waals surface area (Å²) in [5, 5.41) is 0. The lowest BCUT2D eigenvalue weighted by Gasteiger charge is -2.36. The summed E-state index contributed by atoms with van der Waals surface area (Å²) in [5.41, 5.74) is 4.44. The van der Waals surface area contributed by atoms with E-state index >= 15 is 0 Å². The molecule has 0 spiro atoms. The number of benzene rings is 1. The molecule has 1 saturated heterocycles. The van der Waals surface area contributed by atoms with Crippen LogP contribution in [0.5, 0.6) is 5.75 Å². The van der Waals surface area contributed by atoms with Gasteiger partial charge in [0.25, 0.3) is 0 Å². The molecule has 1 aliphatic rings. The van der Waals surface area contributed by atoms with Gasteiger partial charge in [-0.05, 0) is 43.7 Å². The van der Waals surface area contributed by atoms with Crippen molar-refractivity contribution in [2.24, 2.45) is 0 Å². The lowest BCUT2D eigenvalue weighted by Crippen LogP contribution is -2.46. The first-order valence-corrected chi connectivity index (χ1v) is 10.1. The van der Waals surface area contributed by atoms with Crippen LogP contribution in [0.4, 0.5) is 5.82 Å². The molecule has 150 valence electrons. The molecular weight excluding hydrogens is 362 g/mol. The van der Waals surface area contributed by atoms with Crippen LogP contribution < -0.4 is 9.64 Å². The van der Waals surface area contributed by atoms with Crippen molar-refractivity contribution in [3.63, 3.8) is 0 Å². The van der Waals surface area contributed by atoms with E-state index in [9.17, 15) is 0 Å². The predicted octanol–water partition coefficient (Wildman–Crippen LogP) is 3.39. The van der Waals surface area contributed by atoms with E-state index in [1.807, 2.05) is 31.2 Å². The van der Waals surface area contributed by atoms with Gasteiger partial charge in [-0.25, -0.2) is 9.97 Å². The molecule has 0 bridgehead atoms. The van der Waals surface area contributed by atoms with Crippen molar-refractivity contribution in [2.45, 2.75) is 27.0 Å². The van der Waals surface area contributed by atoms with Crippen LogP contribution in [0.3, 0.4) is 0 Å². The Kier molecular flexibility index (Phi) is 6.00. The van der Waals surface area contributed by atoms with Gasteiger partial charge in [0.05, 0.1) is 5.69 Å². The van der Waals surface area contributed by atoms with Crippen LogP contribution in [-0.2, 0) is 13.2 Å². The van der Waals surface area contributed by atoms with Gasteiger partial charge in [0.2, 0.25) is 0 Å². The summed E-state index contributed by atoms with van der Waals surface area (Å²) in [6.07, 6.45) is 3.46. The third-order valence-electron chi connectivity index (χ3n) is 5.40. The molecule has 2 aromatic heterocycles. The van der Waals surface area contributed by atoms with Gasteiger partial charge in [0, 0.05) is 50.2 Å². The Bertz CT molecular complexity index is 939. The zero-order valence-electron chi connectivity index (χ0n) is 17.1. The predicted molar refractivity (Wildman–Crippen MR) is 114 cm³/mol. The molecule has 3 heterocycles. The third-order valence-corrected chi connectivity index (χ3v) is 5.40. The van der Waals surface area contributed by atoms with Gasteiger partial charge < -0.3 is 9.64 Å². The average Bonchev–Trinajstić information content (AvgIpc) is 2.76. The Morgan fingerprint density at radius 2 is 1.79 bits per heavy atom. The molecule has 0 radical (unpaired) electrons. The van der Waals surface area contributed by atoms with Crippen LogP contribution in [0.1, 0.15) is 22.5 Å². The first-order chi connectivity index (χ1) is 14.2.